The first-order valence-electron chi connectivity index (χ1n) is 5.50. The minimum atomic E-state index is -6.70. The van der Waals surface area contributed by atoms with E-state index in [1.165, 1.54) is 0 Å². The van der Waals surface area contributed by atoms with E-state index in [4.69, 9.17) is 0 Å². The zero-order chi connectivity index (χ0) is 19.1. The third kappa shape index (κ3) is 3.58. The van der Waals surface area contributed by atoms with Crippen molar-refractivity contribution in [3.05, 3.63) is 29.6 Å². The molecule has 0 saturated heterocycles. The number of benzene rings is 1. The van der Waals surface area contributed by atoms with Crippen LogP contribution >= 0.6 is 0 Å². The number of rotatable bonds is 5. The molecule has 1 N–H and O–H groups in total. The highest BCUT2D eigenvalue weighted by atomic mass is 32.2. The van der Waals surface area contributed by atoms with E-state index in [-0.39, 0.29) is 12.1 Å². The highest BCUT2D eigenvalue weighted by molar-refractivity contribution is 7.89. The molecule has 0 aliphatic rings. The molecule has 0 amide bonds. The third-order valence-electron chi connectivity index (χ3n) is 2.59. The Hall–Kier alpha value is -1.57. The normalized spacial score (nSPS) is 14.1. The van der Waals surface area contributed by atoms with Crippen LogP contribution in [0.3, 0.4) is 0 Å². The molecule has 0 atom stereocenters. The van der Waals surface area contributed by atoms with Gasteiger partial charge in [-0.15, -0.1) is 0 Å². The summed E-state index contributed by atoms with van der Waals surface area (Å²) in [5.74, 6) is -19.1. The van der Waals surface area contributed by atoms with Gasteiger partial charge in [-0.05, 0) is 12.1 Å². The van der Waals surface area contributed by atoms with Crippen LogP contribution in [-0.2, 0) is 10.0 Å². The van der Waals surface area contributed by atoms with E-state index < -0.39 is 56.9 Å². The first-order chi connectivity index (χ1) is 10.5. The van der Waals surface area contributed by atoms with E-state index in [1.54, 1.807) is 0 Å². The quantitative estimate of drug-likeness (QED) is 0.617. The van der Waals surface area contributed by atoms with E-state index in [0.29, 0.717) is 4.72 Å². The lowest BCUT2D eigenvalue weighted by atomic mass is 10.1. The van der Waals surface area contributed by atoms with Gasteiger partial charge in [-0.25, -0.2) is 26.3 Å². The summed E-state index contributed by atoms with van der Waals surface area (Å²) in [6.45, 7) is -2.78. The lowest BCUT2D eigenvalue weighted by Gasteiger charge is -2.28. The van der Waals surface area contributed by atoms with E-state index >= 15 is 0 Å². The van der Waals surface area contributed by atoms with Gasteiger partial charge in [-0.2, -0.15) is 30.7 Å². The van der Waals surface area contributed by atoms with Gasteiger partial charge >= 0.3 is 18.0 Å². The SMILES string of the molecule is O=S(=O)(NCC(F)(F)C(F)(F)C(F)(F)F)c1ccc(F)c(F)c1F. The van der Waals surface area contributed by atoms with Crippen molar-refractivity contribution in [2.45, 2.75) is 22.9 Å². The van der Waals surface area contributed by atoms with Crippen molar-refractivity contribution < 1.29 is 52.3 Å². The molecule has 0 spiro atoms. The first kappa shape index (κ1) is 20.5. The van der Waals surface area contributed by atoms with Crippen LogP contribution in [0.25, 0.3) is 0 Å². The monoisotopic (exact) mass is 393 g/mol. The summed E-state index contributed by atoms with van der Waals surface area (Å²) in [7, 11) is -5.48. The summed E-state index contributed by atoms with van der Waals surface area (Å²) in [6, 6.07) is 0.144. The van der Waals surface area contributed by atoms with Crippen LogP contribution in [-0.4, -0.2) is 33.0 Å². The van der Waals surface area contributed by atoms with Crippen molar-refractivity contribution in [1.82, 2.24) is 4.72 Å². The van der Waals surface area contributed by atoms with Crippen molar-refractivity contribution in [1.29, 1.82) is 0 Å². The maximum absolute atomic E-state index is 13.3. The number of hydrogen-bond acceptors (Lipinski definition) is 2. The van der Waals surface area contributed by atoms with Gasteiger partial charge in [0.25, 0.3) is 0 Å². The Morgan fingerprint density at radius 2 is 1.38 bits per heavy atom. The second-order valence-electron chi connectivity index (χ2n) is 4.27. The Bertz CT molecular complexity index is 728. The summed E-state index contributed by atoms with van der Waals surface area (Å²) in [6.07, 6.45) is -6.70. The molecule has 1 aromatic rings. The van der Waals surface area contributed by atoms with Crippen LogP contribution in [0.5, 0.6) is 0 Å². The molecule has 0 aromatic heterocycles. The molecule has 0 aliphatic carbocycles. The second-order valence-corrected chi connectivity index (χ2v) is 6.01. The molecule has 1 rings (SSSR count). The Labute approximate surface area is 127 Å². The van der Waals surface area contributed by atoms with Crippen molar-refractivity contribution in [2.75, 3.05) is 6.54 Å². The van der Waals surface area contributed by atoms with E-state index in [1.807, 2.05) is 0 Å². The van der Waals surface area contributed by atoms with E-state index in [0.717, 1.165) is 0 Å². The summed E-state index contributed by atoms with van der Waals surface area (Å²) >= 11 is 0. The van der Waals surface area contributed by atoms with Crippen molar-refractivity contribution >= 4 is 10.0 Å². The van der Waals surface area contributed by atoms with Gasteiger partial charge in [0.1, 0.15) is 4.90 Å². The fraction of sp³-hybridized carbons (Fsp3) is 0.400. The molecule has 1 aromatic carbocycles. The largest absolute Gasteiger partial charge is 0.459 e. The average molecular weight is 393 g/mol. The molecule has 24 heavy (non-hydrogen) atoms. The Kier molecular flexibility index (Phi) is 5.17. The average Bonchev–Trinajstić information content (AvgIpc) is 2.41. The fourth-order valence-electron chi connectivity index (χ4n) is 1.30. The van der Waals surface area contributed by atoms with Gasteiger partial charge in [0.2, 0.25) is 10.0 Å². The van der Waals surface area contributed by atoms with E-state index in [9.17, 15) is 52.3 Å². The summed E-state index contributed by atoms with van der Waals surface area (Å²) in [5.41, 5.74) is 0. The van der Waals surface area contributed by atoms with Gasteiger partial charge in [0.05, 0.1) is 6.54 Å². The van der Waals surface area contributed by atoms with Crippen LogP contribution in [0, 0.1) is 17.5 Å². The van der Waals surface area contributed by atoms with Crippen LogP contribution in [0.1, 0.15) is 0 Å². The molecular weight excluding hydrogens is 388 g/mol. The number of halogens is 10. The Morgan fingerprint density at radius 3 is 1.83 bits per heavy atom. The van der Waals surface area contributed by atoms with E-state index in [2.05, 4.69) is 0 Å². The molecule has 0 bridgehead atoms. The lowest BCUT2D eigenvalue weighted by molar-refractivity contribution is -0.352. The van der Waals surface area contributed by atoms with Gasteiger partial charge in [0.15, 0.2) is 17.5 Å². The molecule has 0 radical (unpaired) electrons. The zero-order valence-electron chi connectivity index (χ0n) is 10.9. The predicted octanol–water partition coefficient (Wildman–Crippen LogP) is 3.22. The Morgan fingerprint density at radius 1 is 0.875 bits per heavy atom. The summed E-state index contributed by atoms with van der Waals surface area (Å²) in [5, 5.41) is 0. The third-order valence-corrected chi connectivity index (χ3v) is 4.01. The fourth-order valence-corrected chi connectivity index (χ4v) is 2.40. The van der Waals surface area contributed by atoms with Crippen LogP contribution < -0.4 is 4.72 Å². The predicted molar refractivity (Wildman–Crippen MR) is 57.5 cm³/mol. The topological polar surface area (TPSA) is 46.2 Å². The molecule has 3 nitrogen and oxygen atoms in total. The Balaban J connectivity index is 3.12. The smallest absolute Gasteiger partial charge is 0.207 e. The van der Waals surface area contributed by atoms with Crippen LogP contribution in [0.15, 0.2) is 17.0 Å². The van der Waals surface area contributed by atoms with Gasteiger partial charge in [0, 0.05) is 0 Å². The maximum atomic E-state index is 13.3. The number of hydrogen-bond donors (Lipinski definition) is 1. The number of sulfonamides is 1. The molecule has 0 unspecified atom stereocenters. The van der Waals surface area contributed by atoms with Gasteiger partial charge in [-0.1, -0.05) is 0 Å². The maximum Gasteiger partial charge on any atom is 0.459 e. The minimum Gasteiger partial charge on any atom is -0.207 e. The first-order valence-corrected chi connectivity index (χ1v) is 6.98. The lowest BCUT2D eigenvalue weighted by Crippen LogP contribution is -2.56. The van der Waals surface area contributed by atoms with Gasteiger partial charge in [-0.3, -0.25) is 0 Å². The van der Waals surface area contributed by atoms with Crippen LogP contribution in [0.4, 0.5) is 43.9 Å². The highest BCUT2D eigenvalue weighted by Gasteiger charge is 2.72. The molecule has 0 heterocycles. The molecule has 0 saturated carbocycles. The minimum absolute atomic E-state index is 0.0656. The number of nitrogens with one attached hydrogen (secondary N) is 1. The van der Waals surface area contributed by atoms with Gasteiger partial charge < -0.3 is 0 Å². The van der Waals surface area contributed by atoms with Crippen molar-refractivity contribution in [3.63, 3.8) is 0 Å². The standard InChI is InChI=1S/C10H5F10NO2S/c11-4-1-2-5(7(13)6(4)12)24(22,23)21-3-8(14,15)9(16,17)10(18,19)20/h1-2,21H,3H2. The van der Waals surface area contributed by atoms with Crippen molar-refractivity contribution in [2.24, 2.45) is 0 Å². The summed E-state index contributed by atoms with van der Waals surface area (Å²) in [4.78, 5) is -1.76. The second kappa shape index (κ2) is 6.06. The zero-order valence-corrected chi connectivity index (χ0v) is 11.7. The number of alkyl halides is 7. The highest BCUT2D eigenvalue weighted by Crippen LogP contribution is 2.46. The molecular formula is C10H5F10NO2S. The van der Waals surface area contributed by atoms with Crippen molar-refractivity contribution in [3.8, 4) is 0 Å². The van der Waals surface area contributed by atoms with Crippen LogP contribution in [0.2, 0.25) is 0 Å². The molecule has 14 heteroatoms. The molecule has 0 fully saturated rings. The molecule has 0 aliphatic heterocycles. The molecule has 138 valence electrons. The summed E-state index contributed by atoms with van der Waals surface area (Å²) < 4.78 is 149.